The van der Waals surface area contributed by atoms with Crippen LogP contribution >= 0.6 is 15.9 Å². The molecule has 0 unspecified atom stereocenters. The van der Waals surface area contributed by atoms with Gasteiger partial charge in [-0.1, -0.05) is 22.0 Å². The van der Waals surface area contributed by atoms with Crippen molar-refractivity contribution in [1.82, 2.24) is 0 Å². The Bertz CT molecular complexity index is 511. The average Bonchev–Trinajstić information content (AvgIpc) is 2.55. The van der Waals surface area contributed by atoms with E-state index in [2.05, 4.69) is 15.9 Å². The Morgan fingerprint density at radius 1 is 1.06 bits per heavy atom. The van der Waals surface area contributed by atoms with Crippen molar-refractivity contribution < 1.29 is 14.3 Å². The highest BCUT2D eigenvalue weighted by Crippen LogP contribution is 2.35. The lowest BCUT2D eigenvalue weighted by molar-refractivity contribution is 0.114. The second-order valence-electron chi connectivity index (χ2n) is 3.56. The first-order valence-electron chi connectivity index (χ1n) is 5.36. The number of ether oxygens (including phenoxy) is 2. The van der Waals surface area contributed by atoms with Crippen LogP contribution in [0.1, 0.15) is 5.56 Å². The van der Waals surface area contributed by atoms with Crippen molar-refractivity contribution >= 4 is 27.7 Å². The SMILES string of the molecule is COC1=C(OC)N(OC)c2cccc(Br)c2C=C1. The number of nitrogens with zero attached hydrogens (tertiary/aromatic N) is 1. The minimum atomic E-state index is 0.508. The van der Waals surface area contributed by atoms with Gasteiger partial charge in [-0.05, 0) is 24.3 Å². The number of fused-ring (bicyclic) bond motifs is 1. The highest BCUT2D eigenvalue weighted by Gasteiger charge is 2.23. The minimum Gasteiger partial charge on any atom is -0.491 e. The summed E-state index contributed by atoms with van der Waals surface area (Å²) in [6.45, 7) is 0. The second kappa shape index (κ2) is 5.46. The Morgan fingerprint density at radius 2 is 1.83 bits per heavy atom. The van der Waals surface area contributed by atoms with E-state index in [1.54, 1.807) is 26.4 Å². The lowest BCUT2D eigenvalue weighted by atomic mass is 10.1. The van der Waals surface area contributed by atoms with Gasteiger partial charge >= 0.3 is 0 Å². The van der Waals surface area contributed by atoms with Gasteiger partial charge in [-0.3, -0.25) is 4.84 Å². The molecule has 5 heteroatoms. The Kier molecular flexibility index (Phi) is 3.93. The Labute approximate surface area is 115 Å². The molecule has 0 spiro atoms. The zero-order valence-corrected chi connectivity index (χ0v) is 12.0. The molecule has 1 aliphatic rings. The van der Waals surface area contributed by atoms with Crippen molar-refractivity contribution in [3.63, 3.8) is 0 Å². The predicted molar refractivity (Wildman–Crippen MR) is 73.7 cm³/mol. The summed E-state index contributed by atoms with van der Waals surface area (Å²) < 4.78 is 11.7. The van der Waals surface area contributed by atoms with Crippen LogP contribution in [0.4, 0.5) is 5.69 Å². The van der Waals surface area contributed by atoms with Crippen LogP contribution in [-0.2, 0) is 14.3 Å². The fraction of sp³-hybridized carbons (Fsp3) is 0.231. The quantitative estimate of drug-likeness (QED) is 0.857. The number of hydrogen-bond acceptors (Lipinski definition) is 4. The van der Waals surface area contributed by atoms with Gasteiger partial charge in [0.15, 0.2) is 5.76 Å². The number of benzene rings is 1. The van der Waals surface area contributed by atoms with Crippen LogP contribution < -0.4 is 5.06 Å². The van der Waals surface area contributed by atoms with Gasteiger partial charge in [0.1, 0.15) is 0 Å². The van der Waals surface area contributed by atoms with Crippen molar-refractivity contribution in [2.75, 3.05) is 26.4 Å². The molecule has 1 aromatic carbocycles. The monoisotopic (exact) mass is 311 g/mol. The number of methoxy groups -OCH3 is 2. The van der Waals surface area contributed by atoms with Crippen molar-refractivity contribution in [2.45, 2.75) is 0 Å². The molecular formula is C13H14BrNO3. The third-order valence-electron chi connectivity index (χ3n) is 2.64. The fourth-order valence-electron chi connectivity index (χ4n) is 1.83. The highest BCUT2D eigenvalue weighted by atomic mass is 79.9. The van der Waals surface area contributed by atoms with E-state index in [-0.39, 0.29) is 0 Å². The molecule has 18 heavy (non-hydrogen) atoms. The fourth-order valence-corrected chi connectivity index (χ4v) is 2.32. The summed E-state index contributed by atoms with van der Waals surface area (Å²) in [7, 11) is 4.76. The first-order chi connectivity index (χ1) is 8.72. The van der Waals surface area contributed by atoms with Crippen LogP contribution in [0.25, 0.3) is 6.08 Å². The molecule has 0 atom stereocenters. The van der Waals surface area contributed by atoms with Gasteiger partial charge < -0.3 is 9.47 Å². The molecule has 0 bridgehead atoms. The normalized spacial score (nSPS) is 14.3. The molecule has 0 amide bonds. The smallest absolute Gasteiger partial charge is 0.262 e. The van der Waals surface area contributed by atoms with E-state index in [9.17, 15) is 0 Å². The molecule has 4 nitrogen and oxygen atoms in total. The van der Waals surface area contributed by atoms with Gasteiger partial charge in [0.05, 0.1) is 27.0 Å². The summed E-state index contributed by atoms with van der Waals surface area (Å²) in [5.41, 5.74) is 1.88. The maximum Gasteiger partial charge on any atom is 0.262 e. The second-order valence-corrected chi connectivity index (χ2v) is 4.41. The molecule has 1 aromatic rings. The summed E-state index contributed by atoms with van der Waals surface area (Å²) in [4.78, 5) is 5.40. The summed E-state index contributed by atoms with van der Waals surface area (Å²) in [5.74, 6) is 1.11. The number of allylic oxidation sites excluding steroid dienone is 1. The summed E-state index contributed by atoms with van der Waals surface area (Å²) in [5, 5.41) is 1.60. The summed E-state index contributed by atoms with van der Waals surface area (Å²) in [6.07, 6.45) is 3.80. The minimum absolute atomic E-state index is 0.508. The molecule has 0 aromatic heterocycles. The Hall–Kier alpha value is -1.46. The van der Waals surface area contributed by atoms with Crippen LogP contribution in [0, 0.1) is 0 Å². The van der Waals surface area contributed by atoms with Crippen molar-refractivity contribution in [3.8, 4) is 0 Å². The lowest BCUT2D eigenvalue weighted by Crippen LogP contribution is -2.24. The molecule has 0 saturated heterocycles. The van der Waals surface area contributed by atoms with Crippen LogP contribution in [0.2, 0.25) is 0 Å². The number of hydroxylamine groups is 1. The molecule has 0 aliphatic carbocycles. The standard InChI is InChI=1S/C13H14BrNO3/c1-16-12-8-7-9-10(14)5-4-6-11(9)15(18-3)13(12)17-2/h4-8H,1-3H3. The van der Waals surface area contributed by atoms with Crippen molar-refractivity contribution in [2.24, 2.45) is 0 Å². The van der Waals surface area contributed by atoms with Gasteiger partial charge in [-0.15, -0.1) is 0 Å². The van der Waals surface area contributed by atoms with E-state index in [0.717, 1.165) is 15.7 Å². The molecule has 0 fully saturated rings. The van der Waals surface area contributed by atoms with Crippen molar-refractivity contribution in [1.29, 1.82) is 0 Å². The molecular weight excluding hydrogens is 298 g/mol. The van der Waals surface area contributed by atoms with Gasteiger partial charge in [-0.25, -0.2) is 0 Å². The van der Waals surface area contributed by atoms with Gasteiger partial charge in [0.25, 0.3) is 5.88 Å². The number of rotatable bonds is 3. The Balaban J connectivity index is 2.64. The van der Waals surface area contributed by atoms with Crippen molar-refractivity contribution in [3.05, 3.63) is 46.0 Å². The van der Waals surface area contributed by atoms with Gasteiger partial charge in [0, 0.05) is 10.0 Å². The predicted octanol–water partition coefficient (Wildman–Crippen LogP) is 3.31. The van der Waals surface area contributed by atoms with Gasteiger partial charge in [0.2, 0.25) is 0 Å². The van der Waals surface area contributed by atoms with E-state index < -0.39 is 0 Å². The first-order valence-corrected chi connectivity index (χ1v) is 6.15. The molecule has 0 N–H and O–H groups in total. The maximum atomic E-state index is 5.40. The van der Waals surface area contributed by atoms with Crippen LogP contribution in [0.5, 0.6) is 0 Å². The topological polar surface area (TPSA) is 30.9 Å². The van der Waals surface area contributed by atoms with Crippen LogP contribution in [-0.4, -0.2) is 21.3 Å². The van der Waals surface area contributed by atoms with Crippen LogP contribution in [0.15, 0.2) is 40.4 Å². The number of anilines is 1. The zero-order chi connectivity index (χ0) is 13.1. The molecule has 0 radical (unpaired) electrons. The van der Waals surface area contributed by atoms with Crippen LogP contribution in [0.3, 0.4) is 0 Å². The molecule has 2 rings (SSSR count). The van der Waals surface area contributed by atoms with E-state index in [4.69, 9.17) is 14.3 Å². The van der Waals surface area contributed by atoms with E-state index in [1.807, 2.05) is 30.4 Å². The zero-order valence-electron chi connectivity index (χ0n) is 10.4. The number of halogens is 1. The lowest BCUT2D eigenvalue weighted by Gasteiger charge is -2.24. The Morgan fingerprint density at radius 3 is 2.44 bits per heavy atom. The number of hydrogen-bond donors (Lipinski definition) is 0. The first kappa shape index (κ1) is 13.0. The molecule has 96 valence electrons. The largest absolute Gasteiger partial charge is 0.491 e. The summed E-state index contributed by atoms with van der Waals surface area (Å²) >= 11 is 3.52. The van der Waals surface area contributed by atoms with E-state index >= 15 is 0 Å². The molecule has 0 saturated carbocycles. The van der Waals surface area contributed by atoms with E-state index in [0.29, 0.717) is 11.6 Å². The third kappa shape index (κ3) is 2.11. The highest BCUT2D eigenvalue weighted by molar-refractivity contribution is 9.10. The molecule has 1 aliphatic heterocycles. The van der Waals surface area contributed by atoms with Gasteiger partial charge in [-0.2, -0.15) is 5.06 Å². The summed E-state index contributed by atoms with van der Waals surface area (Å²) in [6, 6.07) is 5.86. The third-order valence-corrected chi connectivity index (χ3v) is 3.33. The maximum absolute atomic E-state index is 5.40. The van der Waals surface area contributed by atoms with E-state index in [1.165, 1.54) is 0 Å². The molecule has 1 heterocycles. The average molecular weight is 312 g/mol.